The van der Waals surface area contributed by atoms with Gasteiger partial charge in [0.05, 0.1) is 4.90 Å². The molecule has 5 nitrogen and oxygen atoms in total. The smallest absolute Gasteiger partial charge is 0.251 e. The fourth-order valence-corrected chi connectivity index (χ4v) is 3.91. The molecule has 0 heterocycles. The molecule has 3 rings (SSSR count). The second kappa shape index (κ2) is 9.69. The van der Waals surface area contributed by atoms with Gasteiger partial charge in [-0.1, -0.05) is 68.4 Å². The van der Waals surface area contributed by atoms with Gasteiger partial charge in [-0.25, -0.2) is 13.1 Å². The van der Waals surface area contributed by atoms with Crippen LogP contribution in [0.15, 0.2) is 83.8 Å². The molecule has 1 amide bonds. The van der Waals surface area contributed by atoms with Gasteiger partial charge in [0.25, 0.3) is 5.91 Å². The summed E-state index contributed by atoms with van der Waals surface area (Å²) < 4.78 is 27.7. The van der Waals surface area contributed by atoms with E-state index in [0.29, 0.717) is 18.0 Å². The molecule has 3 aromatic carbocycles. The zero-order chi connectivity index (χ0) is 21.6. The fourth-order valence-electron chi connectivity index (χ4n) is 2.90. The molecule has 0 aliphatic carbocycles. The molecule has 0 aromatic heterocycles. The van der Waals surface area contributed by atoms with E-state index in [2.05, 4.69) is 10.0 Å². The Morgan fingerprint density at radius 1 is 0.833 bits per heavy atom. The van der Waals surface area contributed by atoms with Crippen LogP contribution in [0.25, 0.3) is 11.1 Å². The quantitative estimate of drug-likeness (QED) is 0.571. The van der Waals surface area contributed by atoms with Gasteiger partial charge in [-0.05, 0) is 46.9 Å². The average molecular weight is 423 g/mol. The largest absolute Gasteiger partial charge is 0.352 e. The van der Waals surface area contributed by atoms with Gasteiger partial charge in [-0.2, -0.15) is 0 Å². The number of nitrogens with one attached hydrogen (secondary N) is 2. The molecule has 0 spiro atoms. The van der Waals surface area contributed by atoms with Crippen LogP contribution in [0.3, 0.4) is 0 Å². The summed E-state index contributed by atoms with van der Waals surface area (Å²) in [6.45, 7) is 4.97. The fraction of sp³-hybridized carbons (Fsp3) is 0.208. The Balaban J connectivity index is 1.67. The van der Waals surface area contributed by atoms with Gasteiger partial charge >= 0.3 is 0 Å². The molecule has 0 bridgehead atoms. The van der Waals surface area contributed by atoms with Gasteiger partial charge in [-0.3, -0.25) is 4.79 Å². The maximum Gasteiger partial charge on any atom is 0.251 e. The van der Waals surface area contributed by atoms with Crippen LogP contribution in [0.1, 0.15) is 29.8 Å². The molecular formula is C24H26N2O3S. The average Bonchev–Trinajstić information content (AvgIpc) is 2.77. The number of benzene rings is 3. The predicted molar refractivity (Wildman–Crippen MR) is 120 cm³/mol. The van der Waals surface area contributed by atoms with Crippen LogP contribution in [0, 0.1) is 5.92 Å². The van der Waals surface area contributed by atoms with Crippen LogP contribution in [0.4, 0.5) is 0 Å². The molecule has 2 N–H and O–H groups in total. The molecule has 30 heavy (non-hydrogen) atoms. The van der Waals surface area contributed by atoms with E-state index in [9.17, 15) is 13.2 Å². The van der Waals surface area contributed by atoms with Crippen molar-refractivity contribution in [2.75, 3.05) is 6.54 Å². The Morgan fingerprint density at radius 2 is 1.40 bits per heavy atom. The highest BCUT2D eigenvalue weighted by atomic mass is 32.2. The maximum atomic E-state index is 12.5. The number of carbonyl (C=O) groups excluding carboxylic acids is 1. The highest BCUT2D eigenvalue weighted by Gasteiger charge is 2.14. The van der Waals surface area contributed by atoms with Crippen LogP contribution in [0.5, 0.6) is 0 Å². The standard InChI is InChI=1S/C24H26N2O3S/c1-18(2)16-25-24(27)22-10-8-20(9-11-22)21-12-14-23(15-13-21)30(28,29)26-17-19-6-4-3-5-7-19/h3-15,18,26H,16-17H2,1-2H3,(H,25,27). The van der Waals surface area contributed by atoms with E-state index in [-0.39, 0.29) is 17.3 Å². The van der Waals surface area contributed by atoms with Crippen LogP contribution < -0.4 is 10.0 Å². The summed E-state index contributed by atoms with van der Waals surface area (Å²) in [7, 11) is -3.59. The molecule has 156 valence electrons. The number of carbonyl (C=O) groups is 1. The Hall–Kier alpha value is -2.96. The molecule has 3 aromatic rings. The van der Waals surface area contributed by atoms with Crippen molar-refractivity contribution in [2.24, 2.45) is 5.92 Å². The molecule has 0 atom stereocenters. The van der Waals surface area contributed by atoms with Gasteiger partial charge < -0.3 is 5.32 Å². The van der Waals surface area contributed by atoms with Crippen molar-refractivity contribution in [1.82, 2.24) is 10.0 Å². The molecule has 0 aliphatic heterocycles. The molecule has 0 saturated heterocycles. The topological polar surface area (TPSA) is 75.3 Å². The van der Waals surface area contributed by atoms with Crippen LogP contribution in [0.2, 0.25) is 0 Å². The Morgan fingerprint density at radius 3 is 1.97 bits per heavy atom. The van der Waals surface area contributed by atoms with Crippen molar-refractivity contribution < 1.29 is 13.2 Å². The summed E-state index contributed by atoms with van der Waals surface area (Å²) in [5.74, 6) is 0.298. The summed E-state index contributed by atoms with van der Waals surface area (Å²) >= 11 is 0. The first-order valence-electron chi connectivity index (χ1n) is 9.87. The lowest BCUT2D eigenvalue weighted by atomic mass is 10.0. The van der Waals surface area contributed by atoms with Crippen molar-refractivity contribution in [3.8, 4) is 11.1 Å². The number of sulfonamides is 1. The van der Waals surface area contributed by atoms with E-state index in [1.807, 2.05) is 56.3 Å². The lowest BCUT2D eigenvalue weighted by Crippen LogP contribution is -2.27. The normalized spacial score (nSPS) is 11.4. The van der Waals surface area contributed by atoms with E-state index < -0.39 is 10.0 Å². The highest BCUT2D eigenvalue weighted by molar-refractivity contribution is 7.89. The zero-order valence-corrected chi connectivity index (χ0v) is 17.9. The summed E-state index contributed by atoms with van der Waals surface area (Å²) in [6.07, 6.45) is 0. The maximum absolute atomic E-state index is 12.5. The molecular weight excluding hydrogens is 396 g/mol. The van der Waals surface area contributed by atoms with Crippen LogP contribution >= 0.6 is 0 Å². The number of hydrogen-bond acceptors (Lipinski definition) is 3. The molecule has 0 saturated carbocycles. The van der Waals surface area contributed by atoms with Crippen molar-refractivity contribution in [3.63, 3.8) is 0 Å². The lowest BCUT2D eigenvalue weighted by molar-refractivity contribution is 0.0949. The Kier molecular flexibility index (Phi) is 7.03. The van der Waals surface area contributed by atoms with Crippen LogP contribution in [-0.2, 0) is 16.6 Å². The molecule has 0 aliphatic rings. The van der Waals surface area contributed by atoms with E-state index in [1.54, 1.807) is 36.4 Å². The van der Waals surface area contributed by atoms with E-state index >= 15 is 0 Å². The lowest BCUT2D eigenvalue weighted by Gasteiger charge is -2.09. The van der Waals surface area contributed by atoms with E-state index in [0.717, 1.165) is 16.7 Å². The summed E-state index contributed by atoms with van der Waals surface area (Å²) in [5, 5.41) is 2.89. The summed E-state index contributed by atoms with van der Waals surface area (Å²) in [6, 6.07) is 23.4. The van der Waals surface area contributed by atoms with Gasteiger partial charge in [0.15, 0.2) is 0 Å². The Bertz CT molecular complexity index is 1080. The minimum absolute atomic E-state index is 0.0961. The second-order valence-corrected chi connectivity index (χ2v) is 9.28. The van der Waals surface area contributed by atoms with Crippen molar-refractivity contribution in [1.29, 1.82) is 0 Å². The second-order valence-electron chi connectivity index (χ2n) is 7.52. The minimum atomic E-state index is -3.59. The third-order valence-corrected chi connectivity index (χ3v) is 6.04. The first-order valence-corrected chi connectivity index (χ1v) is 11.4. The molecule has 0 fully saturated rings. The van der Waals surface area contributed by atoms with Gasteiger partial charge in [0, 0.05) is 18.7 Å². The highest BCUT2D eigenvalue weighted by Crippen LogP contribution is 2.22. The minimum Gasteiger partial charge on any atom is -0.352 e. The van der Waals surface area contributed by atoms with Crippen molar-refractivity contribution in [3.05, 3.63) is 90.0 Å². The first-order chi connectivity index (χ1) is 14.3. The molecule has 0 unspecified atom stereocenters. The Labute approximate surface area is 178 Å². The number of rotatable bonds is 8. The van der Waals surface area contributed by atoms with Crippen LogP contribution in [-0.4, -0.2) is 20.9 Å². The predicted octanol–water partition coefficient (Wildman–Crippen LogP) is 4.22. The molecule has 0 radical (unpaired) electrons. The van der Waals surface area contributed by atoms with E-state index in [1.165, 1.54) is 0 Å². The third kappa shape index (κ3) is 5.78. The SMILES string of the molecule is CC(C)CNC(=O)c1ccc(-c2ccc(S(=O)(=O)NCc3ccccc3)cc2)cc1. The van der Waals surface area contributed by atoms with Gasteiger partial charge in [0.2, 0.25) is 10.0 Å². The van der Waals surface area contributed by atoms with Crippen molar-refractivity contribution >= 4 is 15.9 Å². The summed E-state index contributed by atoms with van der Waals surface area (Å²) in [5.41, 5.74) is 3.29. The van der Waals surface area contributed by atoms with Gasteiger partial charge in [-0.15, -0.1) is 0 Å². The van der Waals surface area contributed by atoms with Crippen molar-refractivity contribution in [2.45, 2.75) is 25.3 Å². The first kappa shape index (κ1) is 21.7. The third-order valence-electron chi connectivity index (χ3n) is 4.63. The number of hydrogen-bond donors (Lipinski definition) is 2. The monoisotopic (exact) mass is 422 g/mol. The zero-order valence-electron chi connectivity index (χ0n) is 17.1. The molecule has 6 heteroatoms. The summed E-state index contributed by atoms with van der Waals surface area (Å²) in [4.78, 5) is 12.3. The number of amides is 1. The van der Waals surface area contributed by atoms with E-state index in [4.69, 9.17) is 0 Å². The van der Waals surface area contributed by atoms with Gasteiger partial charge in [0.1, 0.15) is 0 Å².